The van der Waals surface area contributed by atoms with E-state index >= 15 is 0 Å². The van der Waals surface area contributed by atoms with Gasteiger partial charge in [-0.2, -0.15) is 0 Å². The Hall–Kier alpha value is -1.33. The Kier molecular flexibility index (Phi) is 6.26. The van der Waals surface area contributed by atoms with Gasteiger partial charge in [0, 0.05) is 29.0 Å². The van der Waals surface area contributed by atoms with E-state index in [0.717, 1.165) is 29.9 Å². The summed E-state index contributed by atoms with van der Waals surface area (Å²) >= 11 is 3.52. The van der Waals surface area contributed by atoms with Gasteiger partial charge in [-0.1, -0.05) is 29.8 Å². The highest BCUT2D eigenvalue weighted by Gasteiger charge is 2.05. The average molecular weight is 352 g/mol. The third kappa shape index (κ3) is 5.52. The van der Waals surface area contributed by atoms with Gasteiger partial charge in [-0.25, -0.2) is 4.98 Å². The largest absolute Gasteiger partial charge is 0.491 e. The predicted octanol–water partition coefficient (Wildman–Crippen LogP) is 3.47. The molecule has 1 heterocycles. The van der Waals surface area contributed by atoms with Crippen molar-refractivity contribution in [3.63, 3.8) is 0 Å². The molecule has 0 saturated heterocycles. The molecule has 0 spiro atoms. The first kappa shape index (κ1) is 16.0. The van der Waals surface area contributed by atoms with Gasteiger partial charge in [-0.15, -0.1) is 0 Å². The number of nitrogens with zero attached hydrogens (tertiary/aromatic N) is 2. The molecule has 0 aliphatic carbocycles. The summed E-state index contributed by atoms with van der Waals surface area (Å²) in [5, 5.41) is 3.46. The van der Waals surface area contributed by atoms with E-state index in [9.17, 15) is 0 Å². The highest BCUT2D eigenvalue weighted by Crippen LogP contribution is 2.23. The van der Waals surface area contributed by atoms with Crippen molar-refractivity contribution in [3.05, 3.63) is 47.0 Å². The summed E-state index contributed by atoms with van der Waals surface area (Å²) in [7, 11) is 0. The average Bonchev–Trinajstić information content (AvgIpc) is 2.94. The normalized spacial score (nSPS) is 11.0. The second-order valence-electron chi connectivity index (χ2n) is 5.43. The van der Waals surface area contributed by atoms with Crippen molar-refractivity contribution in [2.75, 3.05) is 13.2 Å². The molecule has 0 aliphatic rings. The van der Waals surface area contributed by atoms with Gasteiger partial charge >= 0.3 is 0 Å². The molecule has 0 amide bonds. The quantitative estimate of drug-likeness (QED) is 0.791. The maximum atomic E-state index is 5.91. The summed E-state index contributed by atoms with van der Waals surface area (Å²) in [5.74, 6) is 1.58. The minimum absolute atomic E-state index is 0.634. The summed E-state index contributed by atoms with van der Waals surface area (Å²) in [4.78, 5) is 4.03. The molecule has 2 rings (SSSR count). The van der Waals surface area contributed by atoms with Crippen molar-refractivity contribution >= 4 is 15.9 Å². The molecule has 1 aromatic heterocycles. The first-order valence-corrected chi connectivity index (χ1v) is 8.02. The fraction of sp³-hybridized carbons (Fsp3) is 0.438. The van der Waals surface area contributed by atoms with Crippen LogP contribution >= 0.6 is 15.9 Å². The monoisotopic (exact) mass is 351 g/mol. The molecule has 0 saturated carbocycles. The Balaban J connectivity index is 1.90. The van der Waals surface area contributed by atoms with Crippen molar-refractivity contribution in [1.29, 1.82) is 0 Å². The Morgan fingerprint density at radius 2 is 2.24 bits per heavy atom. The van der Waals surface area contributed by atoms with Crippen molar-refractivity contribution < 1.29 is 4.74 Å². The molecule has 0 atom stereocenters. The molecule has 0 unspecified atom stereocenters. The molecule has 5 heteroatoms. The number of benzene rings is 1. The Morgan fingerprint density at radius 1 is 1.38 bits per heavy atom. The summed E-state index contributed by atoms with van der Waals surface area (Å²) < 4.78 is 9.00. The van der Waals surface area contributed by atoms with Crippen LogP contribution in [0.1, 0.15) is 19.4 Å². The van der Waals surface area contributed by atoms with E-state index in [4.69, 9.17) is 4.74 Å². The molecule has 0 aliphatic heterocycles. The summed E-state index contributed by atoms with van der Waals surface area (Å²) in [6.07, 6.45) is 5.52. The first-order valence-electron chi connectivity index (χ1n) is 7.23. The summed E-state index contributed by atoms with van der Waals surface area (Å²) in [6.45, 7) is 7.66. The van der Waals surface area contributed by atoms with Crippen molar-refractivity contribution in [3.8, 4) is 5.75 Å². The highest BCUT2D eigenvalue weighted by atomic mass is 79.9. The topological polar surface area (TPSA) is 39.1 Å². The number of ether oxygens (including phenoxy) is 1. The van der Waals surface area contributed by atoms with Crippen molar-refractivity contribution in [2.24, 2.45) is 5.92 Å². The lowest BCUT2D eigenvalue weighted by molar-refractivity contribution is 0.294. The van der Waals surface area contributed by atoms with E-state index in [0.29, 0.717) is 12.5 Å². The first-order chi connectivity index (χ1) is 10.1. The lowest BCUT2D eigenvalue weighted by Crippen LogP contribution is -2.19. The fourth-order valence-corrected chi connectivity index (χ4v) is 2.41. The third-order valence-electron chi connectivity index (χ3n) is 3.06. The van der Waals surface area contributed by atoms with Crippen LogP contribution in [0.15, 0.2) is 41.4 Å². The number of rotatable bonds is 8. The standard InChI is InChI=1S/C16H22BrN3O/c1-13(2)10-19-11-14-9-15(17)3-4-16(14)21-8-7-20-6-5-18-12-20/h3-6,9,12-13,19H,7-8,10-11H2,1-2H3. The minimum atomic E-state index is 0.634. The Morgan fingerprint density at radius 3 is 2.95 bits per heavy atom. The smallest absolute Gasteiger partial charge is 0.123 e. The van der Waals surface area contributed by atoms with Crippen LogP contribution in [0.2, 0.25) is 0 Å². The lowest BCUT2D eigenvalue weighted by atomic mass is 10.2. The Labute approximate surface area is 134 Å². The molecule has 4 nitrogen and oxygen atoms in total. The number of aromatic nitrogens is 2. The molecule has 114 valence electrons. The molecule has 0 fully saturated rings. The van der Waals surface area contributed by atoms with E-state index in [1.54, 1.807) is 12.5 Å². The number of halogens is 1. The van der Waals surface area contributed by atoms with Crippen LogP contribution in [0.5, 0.6) is 5.75 Å². The van der Waals surface area contributed by atoms with Gasteiger partial charge in [0.2, 0.25) is 0 Å². The van der Waals surface area contributed by atoms with Gasteiger partial charge < -0.3 is 14.6 Å². The van der Waals surface area contributed by atoms with Gasteiger partial charge in [0.05, 0.1) is 12.9 Å². The number of hydrogen-bond acceptors (Lipinski definition) is 3. The van der Waals surface area contributed by atoms with Crippen LogP contribution in [0.3, 0.4) is 0 Å². The van der Waals surface area contributed by atoms with Crippen LogP contribution in [0.25, 0.3) is 0 Å². The second kappa shape index (κ2) is 8.20. The zero-order chi connectivity index (χ0) is 15.1. The van der Waals surface area contributed by atoms with E-state index < -0.39 is 0 Å². The number of nitrogens with one attached hydrogen (secondary N) is 1. The van der Waals surface area contributed by atoms with Crippen molar-refractivity contribution in [2.45, 2.75) is 26.9 Å². The maximum Gasteiger partial charge on any atom is 0.123 e. The molecule has 0 bridgehead atoms. The van der Waals surface area contributed by atoms with Gasteiger partial charge in [-0.05, 0) is 30.7 Å². The van der Waals surface area contributed by atoms with Crippen LogP contribution in [-0.4, -0.2) is 22.7 Å². The lowest BCUT2D eigenvalue weighted by Gasteiger charge is -2.14. The molecule has 1 N–H and O–H groups in total. The van der Waals surface area contributed by atoms with Gasteiger partial charge in [0.15, 0.2) is 0 Å². The van der Waals surface area contributed by atoms with E-state index in [-0.39, 0.29) is 0 Å². The zero-order valence-electron chi connectivity index (χ0n) is 12.6. The van der Waals surface area contributed by atoms with Crippen molar-refractivity contribution in [1.82, 2.24) is 14.9 Å². The second-order valence-corrected chi connectivity index (χ2v) is 6.34. The molecule has 21 heavy (non-hydrogen) atoms. The summed E-state index contributed by atoms with van der Waals surface area (Å²) in [5.41, 5.74) is 1.18. The number of hydrogen-bond donors (Lipinski definition) is 1. The maximum absolute atomic E-state index is 5.91. The van der Waals surface area contributed by atoms with Gasteiger partial charge in [-0.3, -0.25) is 0 Å². The zero-order valence-corrected chi connectivity index (χ0v) is 14.1. The van der Waals surface area contributed by atoms with Crippen LogP contribution in [0.4, 0.5) is 0 Å². The van der Waals surface area contributed by atoms with E-state index in [1.165, 1.54) is 5.56 Å². The minimum Gasteiger partial charge on any atom is -0.491 e. The fourth-order valence-electron chi connectivity index (χ4n) is 2.00. The summed E-state index contributed by atoms with van der Waals surface area (Å²) in [6, 6.07) is 6.14. The SMILES string of the molecule is CC(C)CNCc1cc(Br)ccc1OCCn1ccnc1. The van der Waals surface area contributed by atoms with Gasteiger partial charge in [0.1, 0.15) is 12.4 Å². The Bertz CT molecular complexity index is 540. The number of imidazole rings is 1. The molecule has 1 aromatic carbocycles. The molecular formula is C16H22BrN3O. The van der Waals surface area contributed by atoms with E-state index in [2.05, 4.69) is 46.1 Å². The van der Waals surface area contributed by atoms with Crippen LogP contribution in [0, 0.1) is 5.92 Å². The molecule has 2 aromatic rings. The van der Waals surface area contributed by atoms with Crippen LogP contribution in [-0.2, 0) is 13.1 Å². The third-order valence-corrected chi connectivity index (χ3v) is 3.55. The predicted molar refractivity (Wildman–Crippen MR) is 88.4 cm³/mol. The van der Waals surface area contributed by atoms with Crippen LogP contribution < -0.4 is 10.1 Å². The molecule has 0 radical (unpaired) electrons. The molecular weight excluding hydrogens is 330 g/mol. The highest BCUT2D eigenvalue weighted by molar-refractivity contribution is 9.10. The van der Waals surface area contributed by atoms with Gasteiger partial charge in [0.25, 0.3) is 0 Å². The van der Waals surface area contributed by atoms with E-state index in [1.807, 2.05) is 22.9 Å².